The summed E-state index contributed by atoms with van der Waals surface area (Å²) in [7, 11) is 2.08. The Hall–Kier alpha value is -1.47. The monoisotopic (exact) mass is 268 g/mol. The van der Waals surface area contributed by atoms with Crippen LogP contribution in [0.2, 0.25) is 0 Å². The molecule has 0 bridgehead atoms. The first kappa shape index (κ1) is 14.0. The highest BCUT2D eigenvalue weighted by molar-refractivity contribution is 5.40. The summed E-state index contributed by atoms with van der Waals surface area (Å²) in [5, 5.41) is 5.03. The zero-order valence-electron chi connectivity index (χ0n) is 11.5. The maximum absolute atomic E-state index is 13.7. The summed E-state index contributed by atoms with van der Waals surface area (Å²) in [5.41, 5.74) is 3.03. The number of anilines is 2. The molecule has 1 saturated heterocycles. The van der Waals surface area contributed by atoms with E-state index in [0.717, 1.165) is 39.1 Å². The maximum atomic E-state index is 13.7. The van der Waals surface area contributed by atoms with Crippen molar-refractivity contribution in [3.05, 3.63) is 12.0 Å². The molecule has 1 aliphatic heterocycles. The summed E-state index contributed by atoms with van der Waals surface area (Å²) in [5.74, 6) is 0.263. The maximum Gasteiger partial charge on any atom is 0.224 e. The Morgan fingerprint density at radius 1 is 1.32 bits per heavy atom. The molecule has 0 spiro atoms. The number of halogens is 1. The molecule has 106 valence electrons. The van der Waals surface area contributed by atoms with E-state index in [1.165, 1.54) is 6.20 Å². The molecule has 0 amide bonds. The first-order valence-corrected chi connectivity index (χ1v) is 6.65. The lowest BCUT2D eigenvalue weighted by atomic mass is 10.4. The lowest BCUT2D eigenvalue weighted by molar-refractivity contribution is 0.178. The fourth-order valence-electron chi connectivity index (χ4n) is 1.84. The Labute approximate surface area is 113 Å². The Kier molecular flexibility index (Phi) is 4.86. The van der Waals surface area contributed by atoms with Crippen LogP contribution in [0, 0.1) is 5.82 Å². The number of aromatic nitrogens is 2. The van der Waals surface area contributed by atoms with Crippen LogP contribution in [0.15, 0.2) is 6.20 Å². The van der Waals surface area contributed by atoms with Gasteiger partial charge >= 0.3 is 0 Å². The second-order valence-electron chi connectivity index (χ2n) is 4.72. The molecule has 2 N–H and O–H groups in total. The number of nitrogens with zero attached hydrogens (tertiary/aromatic N) is 4. The molecule has 1 fully saturated rings. The standard InChI is InChI=1S/C12H21FN6/c1-3-4-14-12-15-9-10(13)11(16-12)17-19-7-5-18(2)6-8-19/h9H,3-8H2,1-2H3,(H2,14,15,16,17). The predicted molar refractivity (Wildman–Crippen MR) is 73.5 cm³/mol. The fraction of sp³-hybridized carbons (Fsp3) is 0.667. The summed E-state index contributed by atoms with van der Waals surface area (Å²) >= 11 is 0. The molecule has 0 unspecified atom stereocenters. The largest absolute Gasteiger partial charge is 0.354 e. The number of hydrogen-bond donors (Lipinski definition) is 2. The third-order valence-electron chi connectivity index (χ3n) is 3.04. The van der Waals surface area contributed by atoms with Gasteiger partial charge in [0.2, 0.25) is 5.95 Å². The van der Waals surface area contributed by atoms with Crippen LogP contribution in [0.5, 0.6) is 0 Å². The van der Waals surface area contributed by atoms with Crippen LogP contribution in [-0.2, 0) is 0 Å². The first-order chi connectivity index (χ1) is 9.19. The van der Waals surface area contributed by atoms with Crippen molar-refractivity contribution >= 4 is 11.8 Å². The molecule has 1 aromatic heterocycles. The smallest absolute Gasteiger partial charge is 0.224 e. The summed E-state index contributed by atoms with van der Waals surface area (Å²) in [4.78, 5) is 10.3. The van der Waals surface area contributed by atoms with Gasteiger partial charge in [-0.25, -0.2) is 14.4 Å². The minimum atomic E-state index is -0.430. The highest BCUT2D eigenvalue weighted by atomic mass is 19.1. The molecule has 7 heteroatoms. The van der Waals surface area contributed by atoms with Gasteiger partial charge in [-0.15, -0.1) is 0 Å². The van der Waals surface area contributed by atoms with Crippen molar-refractivity contribution in [2.24, 2.45) is 0 Å². The van der Waals surface area contributed by atoms with Crippen molar-refractivity contribution in [2.45, 2.75) is 13.3 Å². The van der Waals surface area contributed by atoms with Crippen LogP contribution in [-0.4, -0.2) is 59.6 Å². The SMILES string of the molecule is CCCNc1ncc(F)c(NN2CCN(C)CC2)n1. The van der Waals surface area contributed by atoms with Gasteiger partial charge in [0.1, 0.15) is 0 Å². The van der Waals surface area contributed by atoms with Gasteiger partial charge in [-0.05, 0) is 13.5 Å². The van der Waals surface area contributed by atoms with E-state index >= 15 is 0 Å². The lowest BCUT2D eigenvalue weighted by Crippen LogP contribution is -2.47. The Morgan fingerprint density at radius 3 is 2.74 bits per heavy atom. The molecule has 0 aromatic carbocycles. The van der Waals surface area contributed by atoms with E-state index in [-0.39, 0.29) is 5.82 Å². The molecular formula is C12H21FN6. The van der Waals surface area contributed by atoms with Gasteiger partial charge in [0, 0.05) is 32.7 Å². The van der Waals surface area contributed by atoms with Crippen LogP contribution < -0.4 is 10.7 Å². The van der Waals surface area contributed by atoms with Crippen LogP contribution in [0.25, 0.3) is 0 Å². The quantitative estimate of drug-likeness (QED) is 0.831. The van der Waals surface area contributed by atoms with E-state index in [2.05, 4.69) is 39.6 Å². The van der Waals surface area contributed by atoms with Crippen LogP contribution in [0.3, 0.4) is 0 Å². The van der Waals surface area contributed by atoms with Crippen molar-refractivity contribution in [1.82, 2.24) is 19.9 Å². The Morgan fingerprint density at radius 2 is 2.05 bits per heavy atom. The van der Waals surface area contributed by atoms with Crippen LogP contribution in [0.4, 0.5) is 16.2 Å². The van der Waals surface area contributed by atoms with Gasteiger partial charge in [-0.2, -0.15) is 4.98 Å². The van der Waals surface area contributed by atoms with Gasteiger partial charge < -0.3 is 15.6 Å². The van der Waals surface area contributed by atoms with E-state index in [0.29, 0.717) is 5.95 Å². The van der Waals surface area contributed by atoms with Gasteiger partial charge in [0.15, 0.2) is 11.6 Å². The average Bonchev–Trinajstić information content (AvgIpc) is 2.42. The van der Waals surface area contributed by atoms with Crippen molar-refractivity contribution in [2.75, 3.05) is 50.5 Å². The molecular weight excluding hydrogens is 247 g/mol. The number of hydrogen-bond acceptors (Lipinski definition) is 6. The zero-order valence-corrected chi connectivity index (χ0v) is 11.5. The van der Waals surface area contributed by atoms with E-state index in [9.17, 15) is 4.39 Å². The number of nitrogens with one attached hydrogen (secondary N) is 2. The van der Waals surface area contributed by atoms with E-state index in [1.807, 2.05) is 5.01 Å². The highest BCUT2D eigenvalue weighted by Crippen LogP contribution is 2.13. The highest BCUT2D eigenvalue weighted by Gasteiger charge is 2.16. The molecule has 6 nitrogen and oxygen atoms in total. The molecule has 0 aliphatic carbocycles. The third kappa shape index (κ3) is 4.00. The van der Waals surface area contributed by atoms with Crippen molar-refractivity contribution in [3.63, 3.8) is 0 Å². The second-order valence-corrected chi connectivity index (χ2v) is 4.72. The van der Waals surface area contributed by atoms with Crippen molar-refractivity contribution in [3.8, 4) is 0 Å². The van der Waals surface area contributed by atoms with Crippen LogP contribution in [0.1, 0.15) is 13.3 Å². The van der Waals surface area contributed by atoms with Crippen molar-refractivity contribution < 1.29 is 4.39 Å². The zero-order chi connectivity index (χ0) is 13.7. The lowest BCUT2D eigenvalue weighted by Gasteiger charge is -2.32. The minimum Gasteiger partial charge on any atom is -0.354 e. The molecule has 0 radical (unpaired) electrons. The number of hydrazine groups is 1. The van der Waals surface area contributed by atoms with Crippen molar-refractivity contribution in [1.29, 1.82) is 0 Å². The average molecular weight is 268 g/mol. The normalized spacial score (nSPS) is 17.4. The number of rotatable bonds is 5. The fourth-order valence-corrected chi connectivity index (χ4v) is 1.84. The Bertz CT molecular complexity index is 405. The van der Waals surface area contributed by atoms with E-state index in [4.69, 9.17) is 0 Å². The number of piperazine rings is 1. The molecule has 19 heavy (non-hydrogen) atoms. The molecule has 1 aromatic rings. The molecule has 0 saturated carbocycles. The van der Waals surface area contributed by atoms with Gasteiger partial charge in [0.25, 0.3) is 0 Å². The second kappa shape index (κ2) is 6.63. The summed E-state index contributed by atoms with van der Waals surface area (Å²) in [6, 6.07) is 0. The summed E-state index contributed by atoms with van der Waals surface area (Å²) in [6.07, 6.45) is 2.17. The van der Waals surface area contributed by atoms with Gasteiger partial charge in [0.05, 0.1) is 6.20 Å². The Balaban J connectivity index is 1.98. The van der Waals surface area contributed by atoms with Gasteiger partial charge in [-0.3, -0.25) is 0 Å². The molecule has 0 atom stereocenters. The molecule has 2 rings (SSSR count). The number of likely N-dealkylation sites (N-methyl/N-ethyl adjacent to an activating group) is 1. The minimum absolute atomic E-state index is 0.234. The topological polar surface area (TPSA) is 56.3 Å². The van der Waals surface area contributed by atoms with E-state index < -0.39 is 5.82 Å². The third-order valence-corrected chi connectivity index (χ3v) is 3.04. The predicted octanol–water partition coefficient (Wildman–Crippen LogP) is 1.01. The molecule has 1 aliphatic rings. The van der Waals surface area contributed by atoms with Crippen LogP contribution >= 0.6 is 0 Å². The summed E-state index contributed by atoms with van der Waals surface area (Å²) < 4.78 is 13.7. The van der Waals surface area contributed by atoms with E-state index in [1.54, 1.807) is 0 Å². The van der Waals surface area contributed by atoms with Gasteiger partial charge in [-0.1, -0.05) is 6.92 Å². The summed E-state index contributed by atoms with van der Waals surface area (Å²) in [6.45, 7) is 6.44. The first-order valence-electron chi connectivity index (χ1n) is 6.65. The molecule has 2 heterocycles.